The van der Waals surface area contributed by atoms with Crippen molar-refractivity contribution >= 4 is 41.1 Å². The van der Waals surface area contributed by atoms with Crippen LogP contribution in [-0.4, -0.2) is 18.0 Å². The third kappa shape index (κ3) is 6.88. The molecule has 0 aliphatic carbocycles. The van der Waals surface area contributed by atoms with Crippen molar-refractivity contribution < 1.29 is 4.79 Å². The maximum absolute atomic E-state index is 10.1. The zero-order valence-corrected chi connectivity index (χ0v) is 9.11. The average Bonchev–Trinajstić information content (AvgIpc) is 2.19. The molecule has 4 heteroatoms. The molecule has 72 valence electrons. The maximum Gasteiger partial charge on any atom is 0.150 e. The molecule has 13 heavy (non-hydrogen) atoms. The average molecular weight is 240 g/mol. The second-order valence-electron chi connectivity index (χ2n) is 2.05. The summed E-state index contributed by atoms with van der Waals surface area (Å²) in [7, 11) is 0. The van der Waals surface area contributed by atoms with E-state index in [1.807, 2.05) is 0 Å². The van der Waals surface area contributed by atoms with Crippen LogP contribution in [0.4, 0.5) is 0 Å². The fourth-order valence-corrected chi connectivity index (χ4v) is 0.667. The topological polar surface area (TPSA) is 17.1 Å². The largest absolute Gasteiger partial charge is 0.298 e. The number of carbonyl (C=O) groups excluding carboxylic acids is 1. The van der Waals surface area contributed by atoms with Gasteiger partial charge in [0.2, 0.25) is 0 Å². The van der Waals surface area contributed by atoms with Crippen LogP contribution >= 0.6 is 34.8 Å². The van der Waals surface area contributed by atoms with Gasteiger partial charge in [0.1, 0.15) is 6.29 Å². The maximum atomic E-state index is 10.1. The van der Waals surface area contributed by atoms with Crippen LogP contribution in [0.3, 0.4) is 0 Å². The van der Waals surface area contributed by atoms with Crippen molar-refractivity contribution in [3.63, 3.8) is 0 Å². The minimum absolute atomic E-state index is 0.557. The molecule has 0 aliphatic rings. The van der Waals surface area contributed by atoms with Gasteiger partial charge in [-0.05, 0) is 12.1 Å². The molecule has 0 spiro atoms. The van der Waals surface area contributed by atoms with E-state index in [2.05, 4.69) is 0 Å². The number of aldehydes is 1. The van der Waals surface area contributed by atoms with Crippen LogP contribution in [0.15, 0.2) is 24.3 Å². The zero-order valence-electron chi connectivity index (χ0n) is 6.84. The van der Waals surface area contributed by atoms with E-state index < -0.39 is 0 Å². The fraction of sp³-hybridized carbons (Fsp3) is 0.222. The van der Waals surface area contributed by atoms with Gasteiger partial charge in [0.05, 0.1) is 0 Å². The van der Waals surface area contributed by atoms with Crippen LogP contribution in [0.5, 0.6) is 0 Å². The Morgan fingerprint density at radius 3 is 1.85 bits per heavy atom. The van der Waals surface area contributed by atoms with Crippen molar-refractivity contribution in [1.29, 1.82) is 0 Å². The first-order chi connectivity index (χ1) is 6.24. The van der Waals surface area contributed by atoms with Gasteiger partial charge in [-0.15, -0.1) is 23.2 Å². The summed E-state index contributed by atoms with van der Waals surface area (Å²) >= 11 is 15.7. The van der Waals surface area contributed by atoms with Crippen LogP contribution in [0.25, 0.3) is 0 Å². The molecule has 0 atom stereocenters. The Balaban J connectivity index is 0.000000310. The predicted octanol–water partition coefficient (Wildman–Crippen LogP) is 3.62. The second kappa shape index (κ2) is 8.36. The van der Waals surface area contributed by atoms with Crippen LogP contribution in [0, 0.1) is 0 Å². The van der Waals surface area contributed by atoms with E-state index in [9.17, 15) is 4.79 Å². The number of benzene rings is 1. The van der Waals surface area contributed by atoms with Gasteiger partial charge in [0.15, 0.2) is 0 Å². The Morgan fingerprint density at radius 1 is 1.08 bits per heavy atom. The number of halogens is 3. The summed E-state index contributed by atoms with van der Waals surface area (Å²) in [6, 6.07) is 6.72. The Morgan fingerprint density at radius 2 is 1.54 bits per heavy atom. The highest BCUT2D eigenvalue weighted by Gasteiger charge is 1.86. The molecule has 0 heterocycles. The Bertz CT molecular complexity index is 231. The number of alkyl halides is 2. The zero-order chi connectivity index (χ0) is 10.1. The summed E-state index contributed by atoms with van der Waals surface area (Å²) < 4.78 is 0. The lowest BCUT2D eigenvalue weighted by atomic mass is 10.2. The minimum Gasteiger partial charge on any atom is -0.298 e. The summed E-state index contributed by atoms with van der Waals surface area (Å²) in [5, 5.41) is 0.653. The lowest BCUT2D eigenvalue weighted by Crippen LogP contribution is -1.74. The van der Waals surface area contributed by atoms with Crippen molar-refractivity contribution in [2.75, 3.05) is 11.8 Å². The first-order valence-corrected chi connectivity index (χ1v) is 5.02. The van der Waals surface area contributed by atoms with Crippen molar-refractivity contribution in [1.82, 2.24) is 0 Å². The molecule has 1 nitrogen and oxygen atoms in total. The normalized spacial score (nSPS) is 8.54. The monoisotopic (exact) mass is 238 g/mol. The van der Waals surface area contributed by atoms with Crippen molar-refractivity contribution in [3.05, 3.63) is 34.9 Å². The lowest BCUT2D eigenvalue weighted by molar-refractivity contribution is 0.112. The third-order valence-electron chi connectivity index (χ3n) is 1.08. The Hall–Kier alpha value is -0.240. The van der Waals surface area contributed by atoms with E-state index >= 15 is 0 Å². The van der Waals surface area contributed by atoms with Crippen LogP contribution in [0.2, 0.25) is 5.02 Å². The quantitative estimate of drug-likeness (QED) is 0.569. The van der Waals surface area contributed by atoms with Crippen LogP contribution < -0.4 is 0 Å². The summed E-state index contributed by atoms with van der Waals surface area (Å²) in [5.41, 5.74) is 0.652. The molecule has 0 saturated heterocycles. The Labute approximate surface area is 92.6 Å². The van der Waals surface area contributed by atoms with E-state index in [0.717, 1.165) is 6.29 Å². The van der Waals surface area contributed by atoms with E-state index in [0.29, 0.717) is 22.3 Å². The van der Waals surface area contributed by atoms with E-state index in [1.165, 1.54) is 0 Å². The molecular formula is C9H9Cl3O. The molecule has 0 amide bonds. The van der Waals surface area contributed by atoms with Gasteiger partial charge < -0.3 is 0 Å². The van der Waals surface area contributed by atoms with Gasteiger partial charge in [0, 0.05) is 22.3 Å². The molecule has 0 saturated carbocycles. The van der Waals surface area contributed by atoms with Crippen LogP contribution in [-0.2, 0) is 0 Å². The molecule has 0 radical (unpaired) electrons. The molecule has 1 aromatic rings. The van der Waals surface area contributed by atoms with Crippen LogP contribution in [0.1, 0.15) is 10.4 Å². The summed E-state index contributed by atoms with van der Waals surface area (Å²) in [5.74, 6) is 1.11. The number of hydrogen-bond acceptors (Lipinski definition) is 1. The molecule has 0 bridgehead atoms. The molecule has 0 N–H and O–H groups in total. The van der Waals surface area contributed by atoms with E-state index in [-0.39, 0.29) is 0 Å². The summed E-state index contributed by atoms with van der Waals surface area (Å²) in [6.45, 7) is 0. The molecule has 0 unspecified atom stereocenters. The number of carbonyl (C=O) groups is 1. The van der Waals surface area contributed by atoms with Crippen molar-refractivity contribution in [2.45, 2.75) is 0 Å². The second-order valence-corrected chi connectivity index (χ2v) is 3.24. The van der Waals surface area contributed by atoms with Gasteiger partial charge in [-0.3, -0.25) is 4.79 Å². The first-order valence-electron chi connectivity index (χ1n) is 3.57. The highest BCUT2D eigenvalue weighted by atomic mass is 35.5. The lowest BCUT2D eigenvalue weighted by Gasteiger charge is -1.87. The smallest absolute Gasteiger partial charge is 0.150 e. The van der Waals surface area contributed by atoms with Gasteiger partial charge in [0.25, 0.3) is 0 Å². The highest BCUT2D eigenvalue weighted by Crippen LogP contribution is 2.07. The minimum atomic E-state index is 0.557. The molecule has 1 aromatic carbocycles. The van der Waals surface area contributed by atoms with Gasteiger partial charge in [-0.25, -0.2) is 0 Å². The van der Waals surface area contributed by atoms with E-state index in [4.69, 9.17) is 34.8 Å². The first kappa shape index (κ1) is 12.8. The molecule has 0 aromatic heterocycles. The standard InChI is InChI=1S/C7H5ClO.C2H4Cl2/c8-7-3-1-6(5-9)2-4-7;3-1-2-4/h1-5H;1-2H2. The summed E-state index contributed by atoms with van der Waals surface area (Å²) in [4.78, 5) is 10.1. The highest BCUT2D eigenvalue weighted by molar-refractivity contribution is 6.30. The molecule has 0 fully saturated rings. The third-order valence-corrected chi connectivity index (χ3v) is 1.90. The van der Waals surface area contributed by atoms with Crippen molar-refractivity contribution in [3.8, 4) is 0 Å². The van der Waals surface area contributed by atoms with Gasteiger partial charge in [-0.1, -0.05) is 23.7 Å². The van der Waals surface area contributed by atoms with Gasteiger partial charge >= 0.3 is 0 Å². The van der Waals surface area contributed by atoms with Crippen molar-refractivity contribution in [2.24, 2.45) is 0 Å². The SMILES string of the molecule is ClCCCl.O=Cc1ccc(Cl)cc1. The Kier molecular flexibility index (Phi) is 8.21. The fourth-order valence-electron chi connectivity index (χ4n) is 0.541. The number of rotatable bonds is 2. The number of hydrogen-bond donors (Lipinski definition) is 0. The van der Waals surface area contributed by atoms with Gasteiger partial charge in [-0.2, -0.15) is 0 Å². The molecular weight excluding hydrogens is 230 g/mol. The predicted molar refractivity (Wildman–Crippen MR) is 58.3 cm³/mol. The molecule has 0 aliphatic heterocycles. The molecule has 1 rings (SSSR count). The summed E-state index contributed by atoms with van der Waals surface area (Å²) in [6.07, 6.45) is 0.788. The van der Waals surface area contributed by atoms with E-state index in [1.54, 1.807) is 24.3 Å².